The fourth-order valence-electron chi connectivity index (χ4n) is 2.42. The Kier molecular flexibility index (Phi) is 3.01. The molecule has 5 nitrogen and oxygen atoms in total. The van der Waals surface area contributed by atoms with Gasteiger partial charge in [0, 0.05) is 11.5 Å². The Morgan fingerprint density at radius 3 is 2.62 bits per heavy atom. The van der Waals surface area contributed by atoms with Crippen LogP contribution in [-0.2, 0) is 23.2 Å². The first-order valence-corrected chi connectivity index (χ1v) is 7.03. The van der Waals surface area contributed by atoms with Crippen molar-refractivity contribution in [2.24, 2.45) is 0 Å². The van der Waals surface area contributed by atoms with Crippen molar-refractivity contribution < 1.29 is 4.79 Å². The first-order valence-electron chi connectivity index (χ1n) is 7.03. The second kappa shape index (κ2) is 4.62. The molecule has 0 fully saturated rings. The van der Waals surface area contributed by atoms with E-state index in [1.165, 1.54) is 0 Å². The van der Waals surface area contributed by atoms with Crippen LogP contribution in [0.2, 0.25) is 0 Å². The molecule has 0 spiro atoms. The van der Waals surface area contributed by atoms with Gasteiger partial charge in [-0.2, -0.15) is 5.10 Å². The number of nitrogen functional groups attached to an aromatic ring is 1. The lowest BCUT2D eigenvalue weighted by Crippen LogP contribution is -2.24. The van der Waals surface area contributed by atoms with Crippen molar-refractivity contribution >= 4 is 11.7 Å². The SMILES string of the molecule is CC(C)(C)c1cc(N)n(-c2ccc3c(c2)CC(=O)[N]C3)n1. The summed E-state index contributed by atoms with van der Waals surface area (Å²) in [6.07, 6.45) is 0.358. The molecule has 1 aromatic heterocycles. The van der Waals surface area contributed by atoms with E-state index in [4.69, 9.17) is 5.73 Å². The predicted octanol–water partition coefficient (Wildman–Crippen LogP) is 1.94. The molecule has 2 heterocycles. The zero-order chi connectivity index (χ0) is 15.2. The number of hydrogen-bond acceptors (Lipinski definition) is 3. The molecule has 3 rings (SSSR count). The number of fused-ring (bicyclic) bond motifs is 1. The van der Waals surface area contributed by atoms with Crippen LogP contribution in [0.25, 0.3) is 5.69 Å². The molecule has 109 valence electrons. The number of anilines is 1. The maximum Gasteiger partial charge on any atom is 0.245 e. The summed E-state index contributed by atoms with van der Waals surface area (Å²) in [5, 5.41) is 8.54. The van der Waals surface area contributed by atoms with E-state index in [9.17, 15) is 4.79 Å². The van der Waals surface area contributed by atoms with E-state index in [0.29, 0.717) is 18.8 Å². The summed E-state index contributed by atoms with van der Waals surface area (Å²) in [7, 11) is 0. The molecule has 0 aliphatic carbocycles. The fourth-order valence-corrected chi connectivity index (χ4v) is 2.42. The number of hydrogen-bond donors (Lipinski definition) is 1. The average Bonchev–Trinajstić information content (AvgIpc) is 2.80. The lowest BCUT2D eigenvalue weighted by Gasteiger charge is -2.16. The lowest BCUT2D eigenvalue weighted by atomic mass is 9.92. The van der Waals surface area contributed by atoms with E-state index in [0.717, 1.165) is 22.5 Å². The van der Waals surface area contributed by atoms with Gasteiger partial charge in [0.15, 0.2) is 0 Å². The van der Waals surface area contributed by atoms with E-state index in [-0.39, 0.29) is 11.3 Å². The lowest BCUT2D eigenvalue weighted by molar-refractivity contribution is -0.121. The van der Waals surface area contributed by atoms with Crippen molar-refractivity contribution in [1.82, 2.24) is 15.1 Å². The van der Waals surface area contributed by atoms with Gasteiger partial charge in [0.1, 0.15) is 5.82 Å². The van der Waals surface area contributed by atoms with E-state index >= 15 is 0 Å². The standard InChI is InChI=1S/C16H19N4O/c1-16(2,3)13-8-14(17)20(19-13)12-5-4-10-9-18-15(21)7-11(10)6-12/h4-6,8H,7,9,17H2,1-3H3. The second-order valence-corrected chi connectivity index (χ2v) is 6.46. The third kappa shape index (κ3) is 2.51. The Morgan fingerprint density at radius 2 is 1.95 bits per heavy atom. The molecule has 2 aromatic rings. The van der Waals surface area contributed by atoms with E-state index in [2.05, 4.69) is 31.2 Å². The van der Waals surface area contributed by atoms with E-state index in [1.54, 1.807) is 4.68 Å². The van der Waals surface area contributed by atoms with Crippen molar-refractivity contribution in [1.29, 1.82) is 0 Å². The summed E-state index contributed by atoms with van der Waals surface area (Å²) in [5.74, 6) is 0.537. The molecular formula is C16H19N4O. The predicted molar refractivity (Wildman–Crippen MR) is 81.2 cm³/mol. The Bertz CT molecular complexity index is 710. The highest BCUT2D eigenvalue weighted by Gasteiger charge is 2.21. The first-order chi connectivity index (χ1) is 9.84. The summed E-state index contributed by atoms with van der Waals surface area (Å²) in [4.78, 5) is 11.5. The van der Waals surface area contributed by atoms with Crippen molar-refractivity contribution in [3.8, 4) is 5.69 Å². The normalized spacial score (nSPS) is 14.7. The second-order valence-electron chi connectivity index (χ2n) is 6.46. The first kappa shape index (κ1) is 13.7. The van der Waals surface area contributed by atoms with Crippen molar-refractivity contribution in [2.45, 2.75) is 39.2 Å². The van der Waals surface area contributed by atoms with E-state index < -0.39 is 0 Å². The number of nitrogens with zero attached hydrogens (tertiary/aromatic N) is 3. The summed E-state index contributed by atoms with van der Waals surface area (Å²) >= 11 is 0. The van der Waals surface area contributed by atoms with Crippen LogP contribution in [0.4, 0.5) is 5.82 Å². The Morgan fingerprint density at radius 1 is 1.19 bits per heavy atom. The van der Waals surface area contributed by atoms with Crippen LogP contribution in [0.15, 0.2) is 24.3 Å². The van der Waals surface area contributed by atoms with Gasteiger partial charge in [0.2, 0.25) is 5.91 Å². The average molecular weight is 283 g/mol. The van der Waals surface area contributed by atoms with Gasteiger partial charge in [-0.25, -0.2) is 10.00 Å². The zero-order valence-electron chi connectivity index (χ0n) is 12.6. The van der Waals surface area contributed by atoms with Gasteiger partial charge in [-0.3, -0.25) is 4.79 Å². The van der Waals surface area contributed by atoms with E-state index in [1.807, 2.05) is 24.3 Å². The molecular weight excluding hydrogens is 264 g/mol. The molecule has 1 aliphatic rings. The van der Waals surface area contributed by atoms with Crippen LogP contribution in [0.5, 0.6) is 0 Å². The molecule has 0 atom stereocenters. The number of aromatic nitrogens is 2. The van der Waals surface area contributed by atoms with Crippen LogP contribution < -0.4 is 11.1 Å². The molecule has 0 saturated heterocycles. The molecule has 1 radical (unpaired) electrons. The van der Waals surface area contributed by atoms with Crippen LogP contribution in [-0.4, -0.2) is 15.7 Å². The van der Waals surface area contributed by atoms with Gasteiger partial charge in [0.05, 0.1) is 24.3 Å². The molecule has 21 heavy (non-hydrogen) atoms. The largest absolute Gasteiger partial charge is 0.384 e. The quantitative estimate of drug-likeness (QED) is 0.869. The fraction of sp³-hybridized carbons (Fsp3) is 0.375. The van der Waals surface area contributed by atoms with Gasteiger partial charge >= 0.3 is 0 Å². The maximum absolute atomic E-state index is 11.5. The van der Waals surface area contributed by atoms with Gasteiger partial charge < -0.3 is 5.73 Å². The number of benzene rings is 1. The molecule has 0 saturated carbocycles. The zero-order valence-corrected chi connectivity index (χ0v) is 12.6. The summed E-state index contributed by atoms with van der Waals surface area (Å²) in [6, 6.07) is 7.86. The molecule has 2 N–H and O–H groups in total. The van der Waals surface area contributed by atoms with Crippen molar-refractivity contribution in [3.05, 3.63) is 41.1 Å². The van der Waals surface area contributed by atoms with Crippen molar-refractivity contribution in [2.75, 3.05) is 5.73 Å². The highest BCUT2D eigenvalue weighted by Crippen LogP contribution is 2.26. The summed E-state index contributed by atoms with van der Waals surface area (Å²) < 4.78 is 1.73. The van der Waals surface area contributed by atoms with Crippen LogP contribution in [0.3, 0.4) is 0 Å². The molecule has 1 amide bonds. The Labute approximate surface area is 124 Å². The minimum absolute atomic E-state index is 0.0532. The molecule has 1 aliphatic heterocycles. The summed E-state index contributed by atoms with van der Waals surface area (Å²) in [5.41, 5.74) is 9.98. The minimum atomic E-state index is -0.0662. The van der Waals surface area contributed by atoms with Crippen LogP contribution in [0, 0.1) is 0 Å². The number of rotatable bonds is 1. The van der Waals surface area contributed by atoms with Gasteiger partial charge in [-0.05, 0) is 23.3 Å². The highest BCUT2D eigenvalue weighted by molar-refractivity contribution is 5.80. The van der Waals surface area contributed by atoms with Gasteiger partial charge in [-0.15, -0.1) is 0 Å². The number of amides is 1. The third-order valence-electron chi connectivity index (χ3n) is 3.71. The number of nitrogens with two attached hydrogens (primary N) is 1. The number of carbonyl (C=O) groups excluding carboxylic acids is 1. The molecule has 1 aromatic carbocycles. The monoisotopic (exact) mass is 283 g/mol. The van der Waals surface area contributed by atoms with Gasteiger partial charge in [0.25, 0.3) is 0 Å². The van der Waals surface area contributed by atoms with Gasteiger partial charge in [-0.1, -0.05) is 26.8 Å². The third-order valence-corrected chi connectivity index (χ3v) is 3.71. The minimum Gasteiger partial charge on any atom is -0.384 e. The molecule has 5 heteroatoms. The Hall–Kier alpha value is -2.30. The van der Waals surface area contributed by atoms with Crippen molar-refractivity contribution in [3.63, 3.8) is 0 Å². The van der Waals surface area contributed by atoms with Crippen LogP contribution in [0.1, 0.15) is 37.6 Å². The Balaban J connectivity index is 2.03. The molecule has 0 bridgehead atoms. The smallest absolute Gasteiger partial charge is 0.245 e. The summed E-state index contributed by atoms with van der Waals surface area (Å²) in [6.45, 7) is 6.78. The topological polar surface area (TPSA) is 75.0 Å². The molecule has 0 unspecified atom stereocenters. The highest BCUT2D eigenvalue weighted by atomic mass is 16.1. The maximum atomic E-state index is 11.5. The number of carbonyl (C=O) groups is 1. The van der Waals surface area contributed by atoms with Crippen LogP contribution >= 0.6 is 0 Å².